The van der Waals surface area contributed by atoms with Crippen molar-refractivity contribution in [3.05, 3.63) is 23.3 Å². The number of hydrogen-bond acceptors (Lipinski definition) is 3. The molecule has 0 aliphatic heterocycles. The molecule has 1 saturated carbocycles. The van der Waals surface area contributed by atoms with E-state index in [4.69, 9.17) is 14.8 Å². The normalized spacial score (nSPS) is 15.0. The first-order chi connectivity index (χ1) is 7.58. The fourth-order valence-electron chi connectivity index (χ4n) is 1.85. The molecule has 1 aromatic rings. The zero-order valence-corrected chi connectivity index (χ0v) is 9.73. The van der Waals surface area contributed by atoms with Crippen LogP contribution >= 0.6 is 0 Å². The molecule has 1 fully saturated rings. The van der Waals surface area contributed by atoms with Crippen molar-refractivity contribution in [1.82, 2.24) is 0 Å². The highest BCUT2D eigenvalue weighted by molar-refractivity contribution is 6.58. The van der Waals surface area contributed by atoms with Gasteiger partial charge in [0.05, 0.1) is 6.61 Å². The Balaban J connectivity index is 2.16. The van der Waals surface area contributed by atoms with Crippen molar-refractivity contribution >= 4 is 12.6 Å². The summed E-state index contributed by atoms with van der Waals surface area (Å²) in [6.07, 6.45) is 2.54. The Morgan fingerprint density at radius 1 is 1.25 bits per heavy atom. The second-order valence-corrected chi connectivity index (χ2v) is 4.61. The molecule has 4 heteroatoms. The van der Waals surface area contributed by atoms with Crippen LogP contribution in [-0.4, -0.2) is 23.8 Å². The van der Waals surface area contributed by atoms with E-state index < -0.39 is 7.12 Å². The van der Waals surface area contributed by atoms with Gasteiger partial charge >= 0.3 is 7.12 Å². The minimum atomic E-state index is -1.41. The summed E-state index contributed by atoms with van der Waals surface area (Å²) in [5, 5.41) is 18.2. The molecule has 0 radical (unpaired) electrons. The van der Waals surface area contributed by atoms with E-state index in [0.29, 0.717) is 5.46 Å². The van der Waals surface area contributed by atoms with Gasteiger partial charge in [-0.05, 0) is 49.2 Å². The summed E-state index contributed by atoms with van der Waals surface area (Å²) in [7, 11) is -1.41. The van der Waals surface area contributed by atoms with Crippen LogP contribution in [0.2, 0.25) is 0 Å². The maximum absolute atomic E-state index is 9.11. The van der Waals surface area contributed by atoms with Gasteiger partial charge in [-0.15, -0.1) is 0 Å². The van der Waals surface area contributed by atoms with Gasteiger partial charge in [-0.25, -0.2) is 0 Å². The maximum atomic E-state index is 9.11. The highest BCUT2D eigenvalue weighted by atomic mass is 16.5. The molecule has 0 heterocycles. The third-order valence-electron chi connectivity index (χ3n) is 2.94. The van der Waals surface area contributed by atoms with Crippen molar-refractivity contribution in [2.75, 3.05) is 6.61 Å². The zero-order valence-electron chi connectivity index (χ0n) is 9.73. The first-order valence-corrected chi connectivity index (χ1v) is 5.68. The second kappa shape index (κ2) is 4.48. The van der Waals surface area contributed by atoms with Gasteiger partial charge in [0.2, 0.25) is 0 Å². The van der Waals surface area contributed by atoms with Gasteiger partial charge in [0.15, 0.2) is 0 Å². The quantitative estimate of drug-likeness (QED) is 0.737. The standard InChI is InChI=1S/C12H17BO3/c1-8-5-11(13(14)15)6-9(2)12(8)16-7-10-3-4-10/h5-6,10,14-15H,3-4,7H2,1-2H3. The predicted octanol–water partition coefficient (Wildman–Crippen LogP) is 0.772. The van der Waals surface area contributed by atoms with Crippen molar-refractivity contribution in [2.45, 2.75) is 26.7 Å². The Kier molecular flexibility index (Phi) is 3.21. The molecule has 1 aliphatic rings. The third kappa shape index (κ3) is 2.57. The van der Waals surface area contributed by atoms with E-state index in [2.05, 4.69) is 0 Å². The molecule has 0 atom stereocenters. The van der Waals surface area contributed by atoms with Crippen molar-refractivity contribution in [2.24, 2.45) is 5.92 Å². The average Bonchev–Trinajstić information content (AvgIpc) is 2.99. The Bertz CT molecular complexity index is 363. The van der Waals surface area contributed by atoms with Crippen LogP contribution in [0, 0.1) is 19.8 Å². The van der Waals surface area contributed by atoms with Gasteiger partial charge in [-0.3, -0.25) is 0 Å². The van der Waals surface area contributed by atoms with E-state index >= 15 is 0 Å². The molecule has 0 unspecified atom stereocenters. The molecule has 1 aliphatic carbocycles. The lowest BCUT2D eigenvalue weighted by atomic mass is 9.78. The molecule has 0 bridgehead atoms. The van der Waals surface area contributed by atoms with Crippen molar-refractivity contribution in [3.8, 4) is 5.75 Å². The molecule has 0 saturated heterocycles. The Morgan fingerprint density at radius 3 is 2.25 bits per heavy atom. The first-order valence-electron chi connectivity index (χ1n) is 5.68. The van der Waals surface area contributed by atoms with Crippen LogP contribution in [0.15, 0.2) is 12.1 Å². The smallest absolute Gasteiger partial charge is 0.488 e. The number of benzene rings is 1. The monoisotopic (exact) mass is 220 g/mol. The average molecular weight is 220 g/mol. The summed E-state index contributed by atoms with van der Waals surface area (Å²) >= 11 is 0. The lowest BCUT2D eigenvalue weighted by molar-refractivity contribution is 0.296. The Labute approximate surface area is 96.2 Å². The van der Waals surface area contributed by atoms with E-state index in [9.17, 15) is 0 Å². The van der Waals surface area contributed by atoms with Crippen LogP contribution < -0.4 is 10.2 Å². The molecule has 1 aromatic carbocycles. The molecule has 2 N–H and O–H groups in total. The van der Waals surface area contributed by atoms with E-state index in [1.54, 1.807) is 12.1 Å². The van der Waals surface area contributed by atoms with Gasteiger partial charge in [0.1, 0.15) is 5.75 Å². The van der Waals surface area contributed by atoms with Crippen LogP contribution in [0.4, 0.5) is 0 Å². The van der Waals surface area contributed by atoms with E-state index in [-0.39, 0.29) is 0 Å². The van der Waals surface area contributed by atoms with Gasteiger partial charge < -0.3 is 14.8 Å². The molecule has 2 rings (SSSR count). The summed E-state index contributed by atoms with van der Waals surface area (Å²) in [6, 6.07) is 3.53. The van der Waals surface area contributed by atoms with E-state index in [1.165, 1.54) is 12.8 Å². The number of rotatable bonds is 4. The van der Waals surface area contributed by atoms with Crippen LogP contribution in [0.3, 0.4) is 0 Å². The molecular formula is C12H17BO3. The summed E-state index contributed by atoms with van der Waals surface area (Å²) in [5.74, 6) is 1.61. The topological polar surface area (TPSA) is 49.7 Å². The van der Waals surface area contributed by atoms with Crippen LogP contribution in [-0.2, 0) is 0 Å². The Hall–Kier alpha value is -0.995. The molecule has 0 amide bonds. The fraction of sp³-hybridized carbons (Fsp3) is 0.500. The third-order valence-corrected chi connectivity index (χ3v) is 2.94. The second-order valence-electron chi connectivity index (χ2n) is 4.61. The minimum absolute atomic E-state index is 0.522. The predicted molar refractivity (Wildman–Crippen MR) is 64.0 cm³/mol. The highest BCUT2D eigenvalue weighted by Crippen LogP contribution is 2.31. The lowest BCUT2D eigenvalue weighted by Crippen LogP contribution is -2.30. The highest BCUT2D eigenvalue weighted by Gasteiger charge is 2.23. The first kappa shape index (κ1) is 11.5. The number of aryl methyl sites for hydroxylation is 2. The van der Waals surface area contributed by atoms with Crippen LogP contribution in [0.25, 0.3) is 0 Å². The van der Waals surface area contributed by atoms with E-state index in [0.717, 1.165) is 29.4 Å². The lowest BCUT2D eigenvalue weighted by Gasteiger charge is -2.13. The summed E-state index contributed by atoms with van der Waals surface area (Å²) in [5.41, 5.74) is 2.45. The van der Waals surface area contributed by atoms with Gasteiger partial charge in [0, 0.05) is 0 Å². The SMILES string of the molecule is Cc1cc(B(O)O)cc(C)c1OCC1CC1. The zero-order chi connectivity index (χ0) is 11.7. The molecule has 3 nitrogen and oxygen atoms in total. The van der Waals surface area contributed by atoms with Gasteiger partial charge in [-0.1, -0.05) is 12.1 Å². The van der Waals surface area contributed by atoms with Crippen molar-refractivity contribution < 1.29 is 14.8 Å². The molecule has 0 aromatic heterocycles. The van der Waals surface area contributed by atoms with Crippen LogP contribution in [0.1, 0.15) is 24.0 Å². The maximum Gasteiger partial charge on any atom is 0.488 e. The summed E-state index contributed by atoms with van der Waals surface area (Å²) in [4.78, 5) is 0. The van der Waals surface area contributed by atoms with Gasteiger partial charge in [0.25, 0.3) is 0 Å². The minimum Gasteiger partial charge on any atom is -0.493 e. The molecular weight excluding hydrogens is 203 g/mol. The van der Waals surface area contributed by atoms with Crippen LogP contribution in [0.5, 0.6) is 5.75 Å². The van der Waals surface area contributed by atoms with Gasteiger partial charge in [-0.2, -0.15) is 0 Å². The number of ether oxygens (including phenoxy) is 1. The fourth-order valence-corrected chi connectivity index (χ4v) is 1.85. The number of hydrogen-bond donors (Lipinski definition) is 2. The molecule has 16 heavy (non-hydrogen) atoms. The van der Waals surface area contributed by atoms with Crippen molar-refractivity contribution in [1.29, 1.82) is 0 Å². The summed E-state index contributed by atoms with van der Waals surface area (Å²) in [6.45, 7) is 4.64. The molecule has 86 valence electrons. The summed E-state index contributed by atoms with van der Waals surface area (Å²) < 4.78 is 5.76. The largest absolute Gasteiger partial charge is 0.493 e. The van der Waals surface area contributed by atoms with E-state index in [1.807, 2.05) is 13.8 Å². The molecule has 0 spiro atoms. The Morgan fingerprint density at radius 2 is 1.81 bits per heavy atom. The van der Waals surface area contributed by atoms with Crippen molar-refractivity contribution in [3.63, 3.8) is 0 Å².